The minimum atomic E-state index is -4.42. The minimum absolute atomic E-state index is 0. The van der Waals surface area contributed by atoms with Crippen LogP contribution in [0.15, 0.2) is 30.4 Å². The molecule has 1 N–H and O–H groups in total. The van der Waals surface area contributed by atoms with Crippen molar-refractivity contribution in [1.29, 1.82) is 0 Å². The van der Waals surface area contributed by atoms with Crippen LogP contribution in [0.1, 0.15) is 30.5 Å². The van der Waals surface area contributed by atoms with Crippen LogP contribution in [0.25, 0.3) is 0 Å². The van der Waals surface area contributed by atoms with Gasteiger partial charge in [-0.1, -0.05) is 23.2 Å². The van der Waals surface area contributed by atoms with Gasteiger partial charge in [0.25, 0.3) is 0 Å². The molecule has 1 aliphatic heterocycles. The Labute approximate surface area is 158 Å². The number of hydrogen-bond donors (Lipinski definition) is 1. The lowest BCUT2D eigenvalue weighted by atomic mass is 9.93. The number of piperazine rings is 1. The lowest BCUT2D eigenvalue weighted by Crippen LogP contribution is -2.45. The quantitative estimate of drug-likeness (QED) is 0.700. The molecule has 0 radical (unpaired) electrons. The Morgan fingerprint density at radius 2 is 1.88 bits per heavy atom. The number of rotatable bonds is 4. The van der Waals surface area contributed by atoms with Crippen LogP contribution in [0.3, 0.4) is 0 Å². The van der Waals surface area contributed by atoms with Crippen molar-refractivity contribution in [2.24, 2.45) is 0 Å². The van der Waals surface area contributed by atoms with Crippen LogP contribution < -0.4 is 5.32 Å². The summed E-state index contributed by atoms with van der Waals surface area (Å²) in [6, 6.07) is 3.72. The predicted octanol–water partition coefficient (Wildman–Crippen LogP) is 5.11. The second-order valence-electron chi connectivity index (χ2n) is 5.69. The Bertz CT molecular complexity index is 544. The van der Waals surface area contributed by atoms with Crippen molar-refractivity contribution in [3.63, 3.8) is 0 Å². The SMILES string of the molecule is C=C(C)C[C@@H](c1ccc(Cl)cc1C(F)(F)F)N1CCNCC1.Cl.Cl. The van der Waals surface area contributed by atoms with Gasteiger partial charge in [0.2, 0.25) is 0 Å². The zero-order valence-corrected chi connectivity index (χ0v) is 15.7. The van der Waals surface area contributed by atoms with Crippen LogP contribution >= 0.6 is 36.4 Å². The summed E-state index contributed by atoms with van der Waals surface area (Å²) in [4.78, 5) is 2.09. The molecule has 1 fully saturated rings. The summed E-state index contributed by atoms with van der Waals surface area (Å²) in [5.74, 6) is 0. The van der Waals surface area contributed by atoms with Crippen LogP contribution in [-0.4, -0.2) is 31.1 Å². The smallest absolute Gasteiger partial charge is 0.314 e. The summed E-state index contributed by atoms with van der Waals surface area (Å²) < 4.78 is 40.1. The van der Waals surface area contributed by atoms with Crippen LogP contribution in [0.2, 0.25) is 5.02 Å². The fourth-order valence-electron chi connectivity index (χ4n) is 2.82. The molecule has 0 bridgehead atoms. The molecular weight excluding hydrogens is 384 g/mol. The summed E-state index contributed by atoms with van der Waals surface area (Å²) in [7, 11) is 0. The lowest BCUT2D eigenvalue weighted by molar-refractivity contribution is -0.138. The molecule has 0 aromatic heterocycles. The zero-order chi connectivity index (χ0) is 16.3. The number of hydrogen-bond acceptors (Lipinski definition) is 2. The number of halogens is 6. The van der Waals surface area contributed by atoms with Gasteiger partial charge in [0.05, 0.1) is 5.56 Å². The third-order valence-electron chi connectivity index (χ3n) is 3.81. The summed E-state index contributed by atoms with van der Waals surface area (Å²) in [6.45, 7) is 8.72. The predicted molar refractivity (Wildman–Crippen MR) is 97.6 cm³/mol. The van der Waals surface area contributed by atoms with Gasteiger partial charge in [-0.3, -0.25) is 4.90 Å². The summed E-state index contributed by atoms with van der Waals surface area (Å²) in [5, 5.41) is 3.32. The van der Waals surface area contributed by atoms with Crippen LogP contribution in [0.4, 0.5) is 13.2 Å². The topological polar surface area (TPSA) is 15.3 Å². The molecule has 1 heterocycles. The average molecular weight is 406 g/mol. The Morgan fingerprint density at radius 1 is 1.29 bits per heavy atom. The molecule has 0 amide bonds. The van der Waals surface area contributed by atoms with Crippen LogP contribution in [-0.2, 0) is 6.18 Å². The Kier molecular flexibility index (Phi) is 9.69. The van der Waals surface area contributed by atoms with E-state index in [1.807, 2.05) is 6.92 Å². The Morgan fingerprint density at radius 3 is 2.38 bits per heavy atom. The van der Waals surface area contributed by atoms with E-state index in [1.54, 1.807) is 0 Å². The first-order valence-electron chi connectivity index (χ1n) is 7.25. The highest BCUT2D eigenvalue weighted by molar-refractivity contribution is 6.30. The Hall–Kier alpha value is -0.460. The van der Waals surface area contributed by atoms with E-state index in [4.69, 9.17) is 11.6 Å². The standard InChI is InChI=1S/C16H20ClF3N2.2ClH/c1-11(2)9-15(22-7-5-21-6-8-22)13-4-3-12(17)10-14(13)16(18,19)20;;/h3-4,10,15,21H,1,5-9H2,2H3;2*1H/t15-;;/m0../s1. The second kappa shape index (κ2) is 9.88. The molecule has 1 aliphatic rings. The van der Waals surface area contributed by atoms with E-state index < -0.39 is 11.7 Å². The van der Waals surface area contributed by atoms with Crippen LogP contribution in [0.5, 0.6) is 0 Å². The molecule has 2 rings (SSSR count). The summed E-state index contributed by atoms with van der Waals surface area (Å²) in [5.41, 5.74) is 0.498. The van der Waals surface area contributed by atoms with Crippen molar-refractivity contribution in [1.82, 2.24) is 10.2 Å². The maximum Gasteiger partial charge on any atom is 0.416 e. The van der Waals surface area contributed by atoms with E-state index >= 15 is 0 Å². The fraction of sp³-hybridized carbons (Fsp3) is 0.500. The molecule has 0 saturated carbocycles. The number of benzene rings is 1. The third-order valence-corrected chi connectivity index (χ3v) is 4.05. The molecule has 0 aliphatic carbocycles. The van der Waals surface area contributed by atoms with Crippen molar-refractivity contribution in [2.75, 3.05) is 26.2 Å². The van der Waals surface area contributed by atoms with E-state index in [1.165, 1.54) is 12.1 Å². The Balaban J connectivity index is 0.00000264. The second-order valence-corrected chi connectivity index (χ2v) is 6.13. The monoisotopic (exact) mass is 404 g/mol. The highest BCUT2D eigenvalue weighted by Gasteiger charge is 2.37. The zero-order valence-electron chi connectivity index (χ0n) is 13.3. The van der Waals surface area contributed by atoms with Crippen molar-refractivity contribution >= 4 is 36.4 Å². The maximum atomic E-state index is 13.4. The van der Waals surface area contributed by atoms with E-state index in [9.17, 15) is 13.2 Å². The first-order chi connectivity index (χ1) is 10.3. The van der Waals surface area contributed by atoms with Gasteiger partial charge in [0, 0.05) is 37.2 Å². The van der Waals surface area contributed by atoms with Gasteiger partial charge in [0.15, 0.2) is 0 Å². The number of alkyl halides is 3. The molecule has 1 atom stereocenters. The van der Waals surface area contributed by atoms with Crippen molar-refractivity contribution in [2.45, 2.75) is 25.6 Å². The highest BCUT2D eigenvalue weighted by atomic mass is 35.5. The number of nitrogens with one attached hydrogen (secondary N) is 1. The summed E-state index contributed by atoms with van der Waals surface area (Å²) in [6.07, 6.45) is -3.91. The molecule has 1 aromatic rings. The molecular formula is C16H22Cl3F3N2. The fourth-order valence-corrected chi connectivity index (χ4v) is 3.00. The van der Waals surface area contributed by atoms with Crippen molar-refractivity contribution < 1.29 is 13.2 Å². The normalized spacial score (nSPS) is 16.7. The van der Waals surface area contributed by atoms with E-state index in [2.05, 4.69) is 16.8 Å². The van der Waals surface area contributed by atoms with Crippen molar-refractivity contribution in [3.8, 4) is 0 Å². The average Bonchev–Trinajstić information content (AvgIpc) is 2.45. The van der Waals surface area contributed by atoms with Gasteiger partial charge in [-0.15, -0.1) is 31.4 Å². The molecule has 138 valence electrons. The third kappa shape index (κ3) is 6.12. The first-order valence-corrected chi connectivity index (χ1v) is 7.62. The van der Waals surface area contributed by atoms with Gasteiger partial charge in [-0.05, 0) is 31.0 Å². The van der Waals surface area contributed by atoms with Gasteiger partial charge in [0.1, 0.15) is 0 Å². The van der Waals surface area contributed by atoms with Gasteiger partial charge >= 0.3 is 6.18 Å². The number of nitrogens with zero attached hydrogens (tertiary/aromatic N) is 1. The molecule has 8 heteroatoms. The minimum Gasteiger partial charge on any atom is -0.314 e. The maximum absolute atomic E-state index is 13.4. The van der Waals surface area contributed by atoms with E-state index in [0.717, 1.165) is 37.8 Å². The molecule has 1 saturated heterocycles. The first kappa shape index (κ1) is 23.5. The van der Waals surface area contributed by atoms with Gasteiger partial charge < -0.3 is 5.32 Å². The molecule has 0 unspecified atom stereocenters. The lowest BCUT2D eigenvalue weighted by Gasteiger charge is -2.36. The van der Waals surface area contributed by atoms with Crippen molar-refractivity contribution in [3.05, 3.63) is 46.5 Å². The molecule has 2 nitrogen and oxygen atoms in total. The van der Waals surface area contributed by atoms with Crippen LogP contribution in [0, 0.1) is 0 Å². The largest absolute Gasteiger partial charge is 0.416 e. The molecule has 24 heavy (non-hydrogen) atoms. The van der Waals surface area contributed by atoms with E-state index in [-0.39, 0.29) is 41.4 Å². The van der Waals surface area contributed by atoms with Gasteiger partial charge in [-0.2, -0.15) is 13.2 Å². The molecule has 1 aromatic carbocycles. The van der Waals surface area contributed by atoms with E-state index in [0.29, 0.717) is 6.42 Å². The molecule has 0 spiro atoms. The van der Waals surface area contributed by atoms with Gasteiger partial charge in [-0.25, -0.2) is 0 Å². The highest BCUT2D eigenvalue weighted by Crippen LogP contribution is 2.39. The summed E-state index contributed by atoms with van der Waals surface area (Å²) >= 11 is 5.78.